The van der Waals surface area contributed by atoms with Gasteiger partial charge in [-0.15, -0.1) is 0 Å². The molecular weight excluding hydrogens is 390 g/mol. The maximum absolute atomic E-state index is 12.9. The van der Waals surface area contributed by atoms with Crippen LogP contribution in [0, 0.1) is 5.92 Å². The van der Waals surface area contributed by atoms with Crippen molar-refractivity contribution in [3.05, 3.63) is 72.1 Å². The van der Waals surface area contributed by atoms with Crippen LogP contribution in [0.3, 0.4) is 0 Å². The molecule has 162 valence electrons. The predicted molar refractivity (Wildman–Crippen MR) is 121 cm³/mol. The summed E-state index contributed by atoms with van der Waals surface area (Å²) in [5, 5.41) is 15.2. The van der Waals surface area contributed by atoms with E-state index in [1.165, 1.54) is 12.8 Å². The zero-order chi connectivity index (χ0) is 21.6. The molecule has 0 bridgehead atoms. The smallest absolute Gasteiger partial charge is 0.233 e. The number of hydrogen-bond donors (Lipinski definition) is 3. The summed E-state index contributed by atoms with van der Waals surface area (Å²) in [6.45, 7) is 0.558. The summed E-state index contributed by atoms with van der Waals surface area (Å²) in [7, 11) is 0. The molecule has 0 spiro atoms. The molecule has 1 aliphatic carbocycles. The highest BCUT2D eigenvalue weighted by Crippen LogP contribution is 2.28. The summed E-state index contributed by atoms with van der Waals surface area (Å²) in [6, 6.07) is 15.3. The van der Waals surface area contributed by atoms with E-state index in [1.54, 1.807) is 12.4 Å². The number of fused-ring (bicyclic) bond motifs is 1. The highest BCUT2D eigenvalue weighted by Gasteiger charge is 2.24. The van der Waals surface area contributed by atoms with E-state index in [0.29, 0.717) is 6.61 Å². The molecule has 4 N–H and O–H groups in total. The van der Waals surface area contributed by atoms with Gasteiger partial charge in [0, 0.05) is 35.9 Å². The van der Waals surface area contributed by atoms with Gasteiger partial charge in [-0.25, -0.2) is 0 Å². The average molecular weight is 420 g/mol. The van der Waals surface area contributed by atoms with Gasteiger partial charge in [-0.05, 0) is 47.6 Å². The van der Waals surface area contributed by atoms with Gasteiger partial charge >= 0.3 is 0 Å². The number of aromatic nitrogens is 1. The normalized spacial score (nSPS) is 16.3. The van der Waals surface area contributed by atoms with Crippen LogP contribution in [-0.2, 0) is 16.1 Å². The molecule has 2 unspecified atom stereocenters. The number of carbonyl (C=O) groups excluding carboxylic acids is 1. The van der Waals surface area contributed by atoms with Crippen LogP contribution in [0.5, 0.6) is 0 Å². The summed E-state index contributed by atoms with van der Waals surface area (Å²) in [6.07, 6.45) is 7.21. The van der Waals surface area contributed by atoms with E-state index < -0.39 is 12.2 Å². The first-order valence-corrected chi connectivity index (χ1v) is 10.9. The molecule has 1 aliphatic rings. The second kappa shape index (κ2) is 10.0. The molecule has 0 aliphatic heterocycles. The van der Waals surface area contributed by atoms with Crippen molar-refractivity contribution in [1.29, 1.82) is 0 Å². The van der Waals surface area contributed by atoms with Gasteiger partial charge in [-0.3, -0.25) is 9.78 Å². The number of amides is 1. The standard InChI is InChI=1S/C25H29N3O3/c26-14-23(24(29)28-22-10-9-21-15-27-12-11-20(21)13-22)18-7-5-17(6-8-18)16-31-25(30)19-3-1-2-4-19/h5-13,15,19,23,25,30H,1-4,14,16,26H2,(H,28,29). The SMILES string of the molecule is NCC(C(=O)Nc1ccc2cnccc2c1)c1ccc(COC(O)C2CCCC2)cc1. The van der Waals surface area contributed by atoms with Crippen LogP contribution in [0.2, 0.25) is 0 Å². The maximum Gasteiger partial charge on any atom is 0.233 e. The summed E-state index contributed by atoms with van der Waals surface area (Å²) in [5.74, 6) is -0.347. The molecule has 31 heavy (non-hydrogen) atoms. The third-order valence-corrected chi connectivity index (χ3v) is 6.07. The zero-order valence-corrected chi connectivity index (χ0v) is 17.5. The van der Waals surface area contributed by atoms with Crippen LogP contribution in [0.25, 0.3) is 10.8 Å². The fraction of sp³-hybridized carbons (Fsp3) is 0.360. The number of pyridine rings is 1. The van der Waals surface area contributed by atoms with Gasteiger partial charge in [0.15, 0.2) is 6.29 Å². The third kappa shape index (κ3) is 5.28. The Labute approximate surface area is 182 Å². The van der Waals surface area contributed by atoms with E-state index in [0.717, 1.165) is 40.4 Å². The van der Waals surface area contributed by atoms with Crippen molar-refractivity contribution in [3.63, 3.8) is 0 Å². The van der Waals surface area contributed by atoms with Gasteiger partial charge in [0.1, 0.15) is 0 Å². The van der Waals surface area contributed by atoms with Gasteiger partial charge in [0.2, 0.25) is 5.91 Å². The third-order valence-electron chi connectivity index (χ3n) is 6.07. The summed E-state index contributed by atoms with van der Waals surface area (Å²) < 4.78 is 5.65. The lowest BCUT2D eigenvalue weighted by Gasteiger charge is -2.19. The average Bonchev–Trinajstić information content (AvgIpc) is 3.34. The van der Waals surface area contributed by atoms with Gasteiger partial charge in [0.05, 0.1) is 12.5 Å². The molecule has 4 rings (SSSR count). The topological polar surface area (TPSA) is 97.5 Å². The molecule has 2 atom stereocenters. The molecule has 0 radical (unpaired) electrons. The Kier molecular flexibility index (Phi) is 6.92. The van der Waals surface area contributed by atoms with Crippen molar-refractivity contribution in [2.24, 2.45) is 11.7 Å². The molecule has 2 aromatic carbocycles. The van der Waals surface area contributed by atoms with Crippen LogP contribution in [-0.4, -0.2) is 28.8 Å². The number of benzene rings is 2. The van der Waals surface area contributed by atoms with Crippen molar-refractivity contribution in [3.8, 4) is 0 Å². The molecule has 6 heteroatoms. The first-order valence-electron chi connectivity index (χ1n) is 10.9. The van der Waals surface area contributed by atoms with Gasteiger partial charge in [-0.2, -0.15) is 0 Å². The number of nitrogens with one attached hydrogen (secondary N) is 1. The van der Waals surface area contributed by atoms with Crippen LogP contribution >= 0.6 is 0 Å². The Morgan fingerprint density at radius 3 is 2.65 bits per heavy atom. The highest BCUT2D eigenvalue weighted by molar-refractivity contribution is 5.98. The number of aliphatic hydroxyl groups excluding tert-OH is 1. The number of aliphatic hydroxyl groups is 1. The number of carbonyl (C=O) groups is 1. The second-order valence-electron chi connectivity index (χ2n) is 8.20. The minimum atomic E-state index is -0.706. The molecule has 3 aromatic rings. The summed E-state index contributed by atoms with van der Waals surface area (Å²) >= 11 is 0. The molecular formula is C25H29N3O3. The van der Waals surface area contributed by atoms with Crippen molar-refractivity contribution in [2.75, 3.05) is 11.9 Å². The van der Waals surface area contributed by atoms with Gasteiger partial charge in [0.25, 0.3) is 0 Å². The first-order chi connectivity index (χ1) is 15.1. The van der Waals surface area contributed by atoms with E-state index in [4.69, 9.17) is 10.5 Å². The first kappa shape index (κ1) is 21.4. The van der Waals surface area contributed by atoms with Crippen molar-refractivity contribution in [1.82, 2.24) is 4.98 Å². The fourth-order valence-electron chi connectivity index (χ4n) is 4.19. The second-order valence-corrected chi connectivity index (χ2v) is 8.20. The molecule has 0 saturated heterocycles. The highest BCUT2D eigenvalue weighted by atomic mass is 16.6. The quantitative estimate of drug-likeness (QED) is 0.481. The zero-order valence-electron chi connectivity index (χ0n) is 17.5. The van der Waals surface area contributed by atoms with Crippen LogP contribution in [0.4, 0.5) is 5.69 Å². The Morgan fingerprint density at radius 2 is 1.90 bits per heavy atom. The minimum absolute atomic E-state index is 0.142. The van der Waals surface area contributed by atoms with E-state index >= 15 is 0 Å². The van der Waals surface area contributed by atoms with Gasteiger partial charge < -0.3 is 20.9 Å². The number of hydrogen-bond acceptors (Lipinski definition) is 5. The number of ether oxygens (including phenoxy) is 1. The lowest BCUT2D eigenvalue weighted by molar-refractivity contribution is -0.140. The molecule has 1 fully saturated rings. The monoisotopic (exact) mass is 419 g/mol. The van der Waals surface area contributed by atoms with Crippen molar-refractivity contribution in [2.45, 2.75) is 44.5 Å². The molecule has 1 amide bonds. The molecule has 1 saturated carbocycles. The number of nitrogens with two attached hydrogens (primary N) is 1. The molecule has 6 nitrogen and oxygen atoms in total. The molecule has 1 aromatic heterocycles. The van der Waals surface area contributed by atoms with Gasteiger partial charge in [-0.1, -0.05) is 43.2 Å². The van der Waals surface area contributed by atoms with Crippen LogP contribution < -0.4 is 11.1 Å². The Bertz CT molecular complexity index is 1020. The van der Waals surface area contributed by atoms with Crippen LogP contribution in [0.1, 0.15) is 42.7 Å². The number of nitrogens with zero attached hydrogens (tertiary/aromatic N) is 1. The van der Waals surface area contributed by atoms with Crippen molar-refractivity contribution >= 4 is 22.4 Å². The Hall–Kier alpha value is -2.80. The van der Waals surface area contributed by atoms with E-state index in [9.17, 15) is 9.90 Å². The van der Waals surface area contributed by atoms with E-state index in [2.05, 4.69) is 10.3 Å². The molecule has 1 heterocycles. The van der Waals surface area contributed by atoms with Crippen LogP contribution in [0.15, 0.2) is 60.9 Å². The van der Waals surface area contributed by atoms with E-state index in [-0.39, 0.29) is 18.4 Å². The van der Waals surface area contributed by atoms with Crippen molar-refractivity contribution < 1.29 is 14.6 Å². The fourth-order valence-corrected chi connectivity index (χ4v) is 4.19. The largest absolute Gasteiger partial charge is 0.368 e. The number of rotatable bonds is 8. The lowest BCUT2D eigenvalue weighted by Crippen LogP contribution is -2.27. The maximum atomic E-state index is 12.9. The predicted octanol–water partition coefficient (Wildman–Crippen LogP) is 3.94. The summed E-state index contributed by atoms with van der Waals surface area (Å²) in [4.78, 5) is 17.0. The Balaban J connectivity index is 1.37. The number of anilines is 1. The lowest BCUT2D eigenvalue weighted by atomic mass is 9.97. The minimum Gasteiger partial charge on any atom is -0.368 e. The van der Waals surface area contributed by atoms with E-state index in [1.807, 2.05) is 48.5 Å². The Morgan fingerprint density at radius 1 is 1.13 bits per heavy atom. The summed E-state index contributed by atoms with van der Waals surface area (Å²) in [5.41, 5.74) is 8.47.